The molecule has 0 spiro atoms. The third-order valence-electron chi connectivity index (χ3n) is 3.65. The van der Waals surface area contributed by atoms with Gasteiger partial charge in [0.2, 0.25) is 0 Å². The Morgan fingerprint density at radius 1 is 1.41 bits per heavy atom. The molecule has 0 radical (unpaired) electrons. The quantitative estimate of drug-likeness (QED) is 0.715. The molecule has 1 saturated heterocycles. The van der Waals surface area contributed by atoms with Gasteiger partial charge in [-0.2, -0.15) is 0 Å². The van der Waals surface area contributed by atoms with Gasteiger partial charge in [-0.15, -0.1) is 12.4 Å². The van der Waals surface area contributed by atoms with Crippen molar-refractivity contribution in [3.8, 4) is 5.75 Å². The van der Waals surface area contributed by atoms with Crippen molar-refractivity contribution >= 4 is 18.3 Å². The molecule has 0 saturated carbocycles. The Morgan fingerprint density at radius 2 is 2.27 bits per heavy atom. The Morgan fingerprint density at radius 3 is 3.00 bits per heavy atom. The highest BCUT2D eigenvalue weighted by Crippen LogP contribution is 2.14. The molecule has 1 aromatic rings. The average Bonchev–Trinajstić information content (AvgIpc) is 3.01. The molecule has 124 valence electrons. The highest BCUT2D eigenvalue weighted by Gasteiger charge is 2.14. The lowest BCUT2D eigenvalue weighted by Crippen LogP contribution is -2.26. The van der Waals surface area contributed by atoms with E-state index in [0.29, 0.717) is 30.4 Å². The molecule has 1 fully saturated rings. The van der Waals surface area contributed by atoms with Crippen LogP contribution in [0.3, 0.4) is 0 Å². The topological polar surface area (TPSA) is 59.6 Å². The molecule has 2 N–H and O–H groups in total. The summed E-state index contributed by atoms with van der Waals surface area (Å²) < 4.78 is 10.4. The number of ether oxygens (including phenoxy) is 2. The fourth-order valence-corrected chi connectivity index (χ4v) is 2.42. The summed E-state index contributed by atoms with van der Waals surface area (Å²) in [6.07, 6.45) is 2.24. The number of carbonyl (C=O) groups is 1. The fraction of sp³-hybridized carbons (Fsp3) is 0.562. The summed E-state index contributed by atoms with van der Waals surface area (Å²) in [5.41, 5.74) is 0.634. The number of methoxy groups -OCH3 is 1. The lowest BCUT2D eigenvalue weighted by atomic mass is 10.1. The predicted octanol–water partition coefficient (Wildman–Crippen LogP) is 1.86. The number of benzene rings is 1. The van der Waals surface area contributed by atoms with Crippen molar-refractivity contribution in [3.05, 3.63) is 29.8 Å². The minimum atomic E-state index is -0.0434. The van der Waals surface area contributed by atoms with Gasteiger partial charge in [0.1, 0.15) is 12.4 Å². The third-order valence-corrected chi connectivity index (χ3v) is 3.65. The van der Waals surface area contributed by atoms with Crippen LogP contribution in [-0.4, -0.2) is 45.9 Å². The van der Waals surface area contributed by atoms with E-state index in [1.165, 1.54) is 6.42 Å². The van der Waals surface area contributed by atoms with Gasteiger partial charge in [0.15, 0.2) is 0 Å². The Hall–Kier alpha value is -1.30. The summed E-state index contributed by atoms with van der Waals surface area (Å²) in [7, 11) is 1.63. The first-order valence-corrected chi connectivity index (χ1v) is 7.50. The molecule has 1 amide bonds. The molecule has 22 heavy (non-hydrogen) atoms. The van der Waals surface area contributed by atoms with Gasteiger partial charge in [-0.3, -0.25) is 4.79 Å². The summed E-state index contributed by atoms with van der Waals surface area (Å²) in [5, 5.41) is 6.31. The standard InChI is InChI=1S/C16H24N2O3.ClH/c1-20-9-10-21-15-4-2-3-14(11-15)16(19)18-8-6-13-5-7-17-12-13;/h2-4,11,13,17H,5-10,12H2,1H3,(H,18,19);1H. The first-order valence-electron chi connectivity index (χ1n) is 7.50. The molecule has 5 nitrogen and oxygen atoms in total. The molecule has 1 atom stereocenters. The zero-order valence-corrected chi connectivity index (χ0v) is 13.8. The largest absolute Gasteiger partial charge is 0.491 e. The maximum absolute atomic E-state index is 12.1. The molecule has 0 aromatic heterocycles. The van der Waals surface area contributed by atoms with Gasteiger partial charge in [-0.1, -0.05) is 6.07 Å². The van der Waals surface area contributed by atoms with Crippen molar-refractivity contribution in [1.29, 1.82) is 0 Å². The third kappa shape index (κ3) is 6.22. The SMILES string of the molecule is COCCOc1cccc(C(=O)NCCC2CCNC2)c1.Cl. The van der Waals surface area contributed by atoms with Gasteiger partial charge >= 0.3 is 0 Å². The van der Waals surface area contributed by atoms with Crippen molar-refractivity contribution in [3.63, 3.8) is 0 Å². The van der Waals surface area contributed by atoms with Gasteiger partial charge < -0.3 is 20.1 Å². The van der Waals surface area contributed by atoms with Crippen LogP contribution >= 0.6 is 12.4 Å². The average molecular weight is 329 g/mol. The van der Waals surface area contributed by atoms with E-state index in [9.17, 15) is 4.79 Å². The van der Waals surface area contributed by atoms with E-state index >= 15 is 0 Å². The van der Waals surface area contributed by atoms with E-state index < -0.39 is 0 Å². The van der Waals surface area contributed by atoms with Gasteiger partial charge in [-0.25, -0.2) is 0 Å². The normalized spacial score (nSPS) is 16.9. The molecule has 2 rings (SSSR count). The second-order valence-corrected chi connectivity index (χ2v) is 5.27. The van der Waals surface area contributed by atoms with Crippen molar-refractivity contribution in [1.82, 2.24) is 10.6 Å². The van der Waals surface area contributed by atoms with Crippen molar-refractivity contribution in [2.45, 2.75) is 12.8 Å². The molecule has 1 aromatic carbocycles. The first-order chi connectivity index (χ1) is 10.3. The van der Waals surface area contributed by atoms with Crippen LogP contribution in [0.2, 0.25) is 0 Å². The van der Waals surface area contributed by atoms with Crippen LogP contribution in [0.25, 0.3) is 0 Å². The van der Waals surface area contributed by atoms with E-state index in [0.717, 1.165) is 26.1 Å². The van der Waals surface area contributed by atoms with E-state index in [1.807, 2.05) is 12.1 Å². The van der Waals surface area contributed by atoms with E-state index in [1.54, 1.807) is 19.2 Å². The molecular weight excluding hydrogens is 304 g/mol. The summed E-state index contributed by atoms with van der Waals surface area (Å²) in [6, 6.07) is 7.24. The van der Waals surface area contributed by atoms with Crippen LogP contribution in [-0.2, 0) is 4.74 Å². The Bertz CT molecular complexity index is 451. The van der Waals surface area contributed by atoms with Crippen molar-refractivity contribution in [2.75, 3.05) is 40.0 Å². The minimum Gasteiger partial charge on any atom is -0.491 e. The highest BCUT2D eigenvalue weighted by atomic mass is 35.5. The Labute approximate surface area is 138 Å². The molecule has 6 heteroatoms. The van der Waals surface area contributed by atoms with Crippen molar-refractivity contribution < 1.29 is 14.3 Å². The summed E-state index contributed by atoms with van der Waals surface area (Å²) in [4.78, 5) is 12.1. The predicted molar refractivity (Wildman–Crippen MR) is 89.0 cm³/mol. The van der Waals surface area contributed by atoms with E-state index in [2.05, 4.69) is 10.6 Å². The zero-order chi connectivity index (χ0) is 14.9. The molecule has 1 aliphatic rings. The lowest BCUT2D eigenvalue weighted by molar-refractivity contribution is 0.0951. The maximum atomic E-state index is 12.1. The van der Waals surface area contributed by atoms with Gasteiger partial charge in [-0.05, 0) is 50.0 Å². The van der Waals surface area contributed by atoms with Crippen LogP contribution in [0.15, 0.2) is 24.3 Å². The number of nitrogens with one attached hydrogen (secondary N) is 2. The molecule has 0 aliphatic carbocycles. The summed E-state index contributed by atoms with van der Waals surface area (Å²) in [6.45, 7) is 3.90. The number of hydrogen-bond donors (Lipinski definition) is 2. The molecule has 1 aliphatic heterocycles. The van der Waals surface area contributed by atoms with E-state index in [-0.39, 0.29) is 18.3 Å². The molecule has 1 heterocycles. The maximum Gasteiger partial charge on any atom is 0.251 e. The highest BCUT2D eigenvalue weighted by molar-refractivity contribution is 5.94. The van der Waals surface area contributed by atoms with Gasteiger partial charge in [0.05, 0.1) is 6.61 Å². The van der Waals surface area contributed by atoms with Crippen molar-refractivity contribution in [2.24, 2.45) is 5.92 Å². The Balaban J connectivity index is 0.00000242. The van der Waals surface area contributed by atoms with Crippen LogP contribution in [0.4, 0.5) is 0 Å². The monoisotopic (exact) mass is 328 g/mol. The lowest BCUT2D eigenvalue weighted by Gasteiger charge is -2.10. The van der Waals surface area contributed by atoms with Crippen LogP contribution < -0.4 is 15.4 Å². The second kappa shape index (κ2) is 10.4. The molecular formula is C16H25ClN2O3. The fourth-order valence-electron chi connectivity index (χ4n) is 2.42. The molecule has 1 unspecified atom stereocenters. The zero-order valence-electron chi connectivity index (χ0n) is 13.0. The Kier molecular flexibility index (Phi) is 8.89. The van der Waals surface area contributed by atoms with E-state index in [4.69, 9.17) is 9.47 Å². The van der Waals surface area contributed by atoms with Gasteiger partial charge in [0.25, 0.3) is 5.91 Å². The van der Waals surface area contributed by atoms with Gasteiger partial charge in [0, 0.05) is 19.2 Å². The number of amides is 1. The minimum absolute atomic E-state index is 0. The van der Waals surface area contributed by atoms with Crippen LogP contribution in [0.1, 0.15) is 23.2 Å². The number of rotatable bonds is 8. The second-order valence-electron chi connectivity index (χ2n) is 5.27. The summed E-state index contributed by atoms with van der Waals surface area (Å²) in [5.74, 6) is 1.34. The number of hydrogen-bond acceptors (Lipinski definition) is 4. The number of halogens is 1. The first kappa shape index (κ1) is 18.7. The summed E-state index contributed by atoms with van der Waals surface area (Å²) >= 11 is 0. The van der Waals surface area contributed by atoms with Crippen LogP contribution in [0, 0.1) is 5.92 Å². The number of carbonyl (C=O) groups excluding carboxylic acids is 1. The molecule has 0 bridgehead atoms. The van der Waals surface area contributed by atoms with Crippen LogP contribution in [0.5, 0.6) is 5.75 Å². The smallest absolute Gasteiger partial charge is 0.251 e.